The molecule has 194 valence electrons. The van der Waals surface area contributed by atoms with Crippen LogP contribution in [0.25, 0.3) is 11.1 Å². The molecule has 0 unspecified atom stereocenters. The number of rotatable bonds is 6. The Bertz CT molecular complexity index is 1500. The van der Waals surface area contributed by atoms with Crippen LogP contribution in [0.3, 0.4) is 0 Å². The van der Waals surface area contributed by atoms with E-state index in [2.05, 4.69) is 40.2 Å². The Labute approximate surface area is 217 Å². The van der Waals surface area contributed by atoms with Gasteiger partial charge in [-0.05, 0) is 77.6 Å². The third kappa shape index (κ3) is 4.66. The molecule has 1 fully saturated rings. The number of amides is 1. The first-order valence-corrected chi connectivity index (χ1v) is 14.3. The van der Waals surface area contributed by atoms with E-state index in [4.69, 9.17) is 9.47 Å². The van der Waals surface area contributed by atoms with Crippen molar-refractivity contribution in [2.45, 2.75) is 64.1 Å². The van der Waals surface area contributed by atoms with Crippen molar-refractivity contribution in [2.24, 2.45) is 5.41 Å². The van der Waals surface area contributed by atoms with Gasteiger partial charge in [0, 0.05) is 11.5 Å². The van der Waals surface area contributed by atoms with E-state index in [1.807, 2.05) is 13.8 Å². The quantitative estimate of drug-likeness (QED) is 0.531. The fourth-order valence-electron chi connectivity index (χ4n) is 5.38. The molecular formula is C28H31N3O5S. The largest absolute Gasteiger partial charge is 0.477 e. The molecule has 6 rings (SSSR count). The number of carbonyl (C=O) groups is 1. The third-order valence-corrected chi connectivity index (χ3v) is 9.06. The number of benzene rings is 2. The highest BCUT2D eigenvalue weighted by Gasteiger charge is 2.47. The van der Waals surface area contributed by atoms with Gasteiger partial charge in [-0.25, -0.2) is 9.40 Å². The van der Waals surface area contributed by atoms with Crippen molar-refractivity contribution in [3.05, 3.63) is 64.2 Å². The van der Waals surface area contributed by atoms with Crippen molar-refractivity contribution in [1.29, 1.82) is 0 Å². The van der Waals surface area contributed by atoms with E-state index in [1.165, 1.54) is 17.2 Å². The minimum atomic E-state index is -4.11. The van der Waals surface area contributed by atoms with E-state index in [9.17, 15) is 13.2 Å². The molecule has 1 aliphatic carbocycles. The summed E-state index contributed by atoms with van der Waals surface area (Å²) in [6.45, 7) is 6.63. The highest BCUT2D eigenvalue weighted by atomic mass is 32.2. The predicted octanol–water partition coefficient (Wildman–Crippen LogP) is 3.71. The normalized spacial score (nSPS) is 17.6. The van der Waals surface area contributed by atoms with Crippen LogP contribution in [0.2, 0.25) is 0 Å². The number of hydrogen-bond donors (Lipinski definition) is 1. The lowest BCUT2D eigenvalue weighted by Gasteiger charge is -2.22. The molecule has 2 aromatic carbocycles. The van der Waals surface area contributed by atoms with Crippen molar-refractivity contribution >= 4 is 15.9 Å². The molecule has 37 heavy (non-hydrogen) atoms. The maximum absolute atomic E-state index is 12.9. The van der Waals surface area contributed by atoms with E-state index < -0.39 is 15.9 Å². The Morgan fingerprint density at radius 1 is 1.14 bits per heavy atom. The Kier molecular flexibility index (Phi) is 5.88. The molecule has 2 aliphatic heterocycles. The number of ether oxygens (including phenoxy) is 2. The van der Waals surface area contributed by atoms with Gasteiger partial charge in [-0.1, -0.05) is 31.2 Å². The summed E-state index contributed by atoms with van der Waals surface area (Å²) < 4.78 is 41.0. The number of fused-ring (bicyclic) bond motifs is 2. The Balaban J connectivity index is 1.20. The molecule has 1 amide bonds. The average Bonchev–Trinajstić information content (AvgIpc) is 3.48. The van der Waals surface area contributed by atoms with Gasteiger partial charge in [0.1, 0.15) is 0 Å². The number of hydrogen-bond acceptors (Lipinski definition) is 6. The van der Waals surface area contributed by atoms with Gasteiger partial charge in [0.25, 0.3) is 10.0 Å². The van der Waals surface area contributed by atoms with Crippen LogP contribution in [-0.2, 0) is 52.0 Å². The molecule has 0 bridgehead atoms. The minimum absolute atomic E-state index is 0.0281. The molecule has 1 N–H and O–H groups in total. The Morgan fingerprint density at radius 3 is 2.76 bits per heavy atom. The topological polar surface area (TPSA) is 99.5 Å². The summed E-state index contributed by atoms with van der Waals surface area (Å²) in [6, 6.07) is 12.0. The number of aromatic nitrogens is 2. The number of aryl methyl sites for hydroxylation is 2. The fourth-order valence-corrected chi connectivity index (χ4v) is 6.32. The van der Waals surface area contributed by atoms with Crippen LogP contribution >= 0.6 is 0 Å². The van der Waals surface area contributed by atoms with Crippen LogP contribution in [0.15, 0.2) is 41.4 Å². The maximum atomic E-state index is 12.9. The van der Waals surface area contributed by atoms with Gasteiger partial charge in [0.15, 0.2) is 0 Å². The summed E-state index contributed by atoms with van der Waals surface area (Å²) in [6.07, 6.45) is 3.75. The Morgan fingerprint density at radius 2 is 1.97 bits per heavy atom. The summed E-state index contributed by atoms with van der Waals surface area (Å²) in [4.78, 5) is 12.9. The zero-order valence-electron chi connectivity index (χ0n) is 21.2. The van der Waals surface area contributed by atoms with Crippen LogP contribution in [0.5, 0.6) is 5.88 Å². The maximum Gasteiger partial charge on any atom is 0.283 e. The van der Waals surface area contributed by atoms with Crippen LogP contribution in [0.4, 0.5) is 0 Å². The lowest BCUT2D eigenvalue weighted by atomic mass is 9.90. The average molecular weight is 522 g/mol. The lowest BCUT2D eigenvalue weighted by molar-refractivity contribution is -0.118. The molecule has 9 heteroatoms. The molecule has 1 aromatic heterocycles. The first-order valence-electron chi connectivity index (χ1n) is 12.8. The highest BCUT2D eigenvalue weighted by molar-refractivity contribution is 7.90. The van der Waals surface area contributed by atoms with Gasteiger partial charge in [-0.2, -0.15) is 13.5 Å². The van der Waals surface area contributed by atoms with Crippen molar-refractivity contribution in [2.75, 3.05) is 13.2 Å². The third-order valence-electron chi connectivity index (χ3n) is 7.81. The summed E-state index contributed by atoms with van der Waals surface area (Å²) in [5.41, 5.74) is 7.66. The molecule has 1 saturated carbocycles. The molecule has 3 aliphatic rings. The van der Waals surface area contributed by atoms with Gasteiger partial charge in [0.2, 0.25) is 16.8 Å². The molecule has 3 aromatic rings. The monoisotopic (exact) mass is 521 g/mol. The van der Waals surface area contributed by atoms with Gasteiger partial charge in [0.05, 0.1) is 32.8 Å². The minimum Gasteiger partial charge on any atom is -0.477 e. The van der Waals surface area contributed by atoms with Crippen LogP contribution in [-0.4, -0.2) is 37.3 Å². The van der Waals surface area contributed by atoms with Gasteiger partial charge >= 0.3 is 0 Å². The zero-order valence-corrected chi connectivity index (χ0v) is 22.0. The smallest absolute Gasteiger partial charge is 0.283 e. The van der Waals surface area contributed by atoms with Crippen LogP contribution in [0.1, 0.15) is 47.6 Å². The summed E-state index contributed by atoms with van der Waals surface area (Å²) in [7, 11) is -4.11. The van der Waals surface area contributed by atoms with Crippen LogP contribution < -0.4 is 9.46 Å². The molecule has 0 saturated heterocycles. The molecule has 3 heterocycles. The second-order valence-corrected chi connectivity index (χ2v) is 12.2. The lowest BCUT2D eigenvalue weighted by Crippen LogP contribution is -2.32. The van der Waals surface area contributed by atoms with Crippen molar-refractivity contribution < 1.29 is 22.7 Å². The number of nitrogens with one attached hydrogen (secondary N) is 1. The summed E-state index contributed by atoms with van der Waals surface area (Å²) >= 11 is 0. The van der Waals surface area contributed by atoms with E-state index >= 15 is 0 Å². The second kappa shape index (κ2) is 8.99. The number of carbonyl (C=O) groups excluding carboxylic acids is 1. The highest BCUT2D eigenvalue weighted by Crippen LogP contribution is 2.50. The van der Waals surface area contributed by atoms with E-state index in [1.54, 1.807) is 4.68 Å². The standard InChI is InChI=1S/C28H31N3O5S/c1-3-19-11-22(21-5-4-20-6-9-35-15-23(20)12-21)10-18(2)24(19)13-25(32)30-37(33,34)26-14-27-31(29-26)16-28(7-8-28)17-36-27/h4-5,10-12,14H,3,6-9,13,15-17H2,1-2H3,(H,30,32). The van der Waals surface area contributed by atoms with E-state index in [0.29, 0.717) is 25.6 Å². The molecule has 0 atom stereocenters. The SMILES string of the molecule is CCc1cc(-c2ccc3c(c2)COCC3)cc(C)c1CC(=O)NS(=O)(=O)c1cc2n(n1)CC1(CC1)CO2. The van der Waals surface area contributed by atoms with Gasteiger partial charge in [-0.15, -0.1) is 0 Å². The van der Waals surface area contributed by atoms with Gasteiger partial charge in [-0.3, -0.25) is 4.79 Å². The predicted molar refractivity (Wildman–Crippen MR) is 138 cm³/mol. The van der Waals surface area contributed by atoms with Gasteiger partial charge < -0.3 is 9.47 Å². The summed E-state index contributed by atoms with van der Waals surface area (Å²) in [5, 5.41) is 4.04. The first kappa shape index (κ1) is 24.2. The molecule has 1 spiro atoms. The Hall–Kier alpha value is -3.17. The molecule has 8 nitrogen and oxygen atoms in total. The summed E-state index contributed by atoms with van der Waals surface area (Å²) in [5.74, 6) is -0.152. The molecule has 0 radical (unpaired) electrons. The van der Waals surface area contributed by atoms with Crippen molar-refractivity contribution in [3.63, 3.8) is 0 Å². The van der Waals surface area contributed by atoms with Crippen molar-refractivity contribution in [1.82, 2.24) is 14.5 Å². The number of sulfonamides is 1. The second-order valence-electron chi connectivity index (χ2n) is 10.5. The van der Waals surface area contributed by atoms with Crippen molar-refractivity contribution in [3.8, 4) is 17.0 Å². The van der Waals surface area contributed by atoms with Crippen LogP contribution in [0, 0.1) is 12.3 Å². The first-order chi connectivity index (χ1) is 17.7. The molecular weight excluding hydrogens is 490 g/mol. The zero-order chi connectivity index (χ0) is 25.8. The van der Waals surface area contributed by atoms with E-state index in [-0.39, 0.29) is 16.9 Å². The fraction of sp³-hybridized carbons (Fsp3) is 0.429. The van der Waals surface area contributed by atoms with E-state index in [0.717, 1.165) is 60.1 Å². The number of nitrogens with zero attached hydrogens (tertiary/aromatic N) is 2.